The van der Waals surface area contributed by atoms with Crippen molar-refractivity contribution in [1.82, 2.24) is 9.78 Å². The maximum Gasteiger partial charge on any atom is 0.135 e. The van der Waals surface area contributed by atoms with Crippen LogP contribution in [0.4, 0.5) is 5.82 Å². The van der Waals surface area contributed by atoms with Gasteiger partial charge in [0.1, 0.15) is 5.82 Å². The Morgan fingerprint density at radius 2 is 1.94 bits per heavy atom. The Morgan fingerprint density at radius 1 is 1.29 bits per heavy atom. The van der Waals surface area contributed by atoms with E-state index in [4.69, 9.17) is 10.5 Å². The van der Waals surface area contributed by atoms with Gasteiger partial charge >= 0.3 is 0 Å². The van der Waals surface area contributed by atoms with E-state index in [1.54, 1.807) is 18.0 Å². The highest BCUT2D eigenvalue weighted by molar-refractivity contribution is 14.1. The van der Waals surface area contributed by atoms with Crippen molar-refractivity contribution in [3.8, 4) is 0 Å². The molecule has 0 radical (unpaired) electrons. The third-order valence-corrected chi connectivity index (χ3v) is 3.33. The highest BCUT2D eigenvalue weighted by Gasteiger charge is 2.04. The number of ether oxygens (including phenoxy) is 1. The number of methoxy groups -OCH3 is 1. The first kappa shape index (κ1) is 12.4. The zero-order chi connectivity index (χ0) is 12.3. The van der Waals surface area contributed by atoms with E-state index in [-0.39, 0.29) is 0 Å². The standard InChI is InChI=1S/C12H14IN3O/c1-17-8-10-4-2-9(3-5-10)7-16-12(14)11(13)6-15-16/h2-6H,7-8,14H2,1H3. The van der Waals surface area contributed by atoms with Crippen LogP contribution in [0.3, 0.4) is 0 Å². The van der Waals surface area contributed by atoms with Crippen molar-refractivity contribution in [2.45, 2.75) is 13.2 Å². The van der Waals surface area contributed by atoms with Gasteiger partial charge in [0.15, 0.2) is 0 Å². The molecule has 2 rings (SSSR count). The van der Waals surface area contributed by atoms with Crippen molar-refractivity contribution in [3.05, 3.63) is 45.2 Å². The summed E-state index contributed by atoms with van der Waals surface area (Å²) in [5.41, 5.74) is 8.24. The number of hydrogen-bond donors (Lipinski definition) is 1. The van der Waals surface area contributed by atoms with Gasteiger partial charge in [0, 0.05) is 7.11 Å². The van der Waals surface area contributed by atoms with Gasteiger partial charge in [0.05, 0.1) is 22.9 Å². The number of aromatic nitrogens is 2. The van der Waals surface area contributed by atoms with Gasteiger partial charge in [-0.1, -0.05) is 24.3 Å². The molecule has 0 bridgehead atoms. The molecule has 0 unspecified atom stereocenters. The predicted octanol–water partition coefficient (Wildman–Crippen LogP) is 2.26. The van der Waals surface area contributed by atoms with Gasteiger partial charge in [-0.25, -0.2) is 4.68 Å². The molecule has 0 aliphatic carbocycles. The van der Waals surface area contributed by atoms with Crippen molar-refractivity contribution in [1.29, 1.82) is 0 Å². The van der Waals surface area contributed by atoms with Gasteiger partial charge in [-0.2, -0.15) is 5.10 Å². The van der Waals surface area contributed by atoms with Crippen molar-refractivity contribution in [3.63, 3.8) is 0 Å². The summed E-state index contributed by atoms with van der Waals surface area (Å²) >= 11 is 2.18. The average Bonchev–Trinajstić information content (AvgIpc) is 2.64. The second-order valence-electron chi connectivity index (χ2n) is 3.78. The Labute approximate surface area is 114 Å². The van der Waals surface area contributed by atoms with E-state index < -0.39 is 0 Å². The number of hydrogen-bond acceptors (Lipinski definition) is 3. The Kier molecular flexibility index (Phi) is 4.01. The lowest BCUT2D eigenvalue weighted by molar-refractivity contribution is 0.185. The molecule has 1 aromatic heterocycles. The molecule has 2 N–H and O–H groups in total. The Morgan fingerprint density at radius 3 is 2.47 bits per heavy atom. The van der Waals surface area contributed by atoms with E-state index in [9.17, 15) is 0 Å². The highest BCUT2D eigenvalue weighted by Crippen LogP contribution is 2.15. The molecular formula is C12H14IN3O. The third-order valence-electron chi connectivity index (χ3n) is 2.50. The van der Waals surface area contributed by atoms with Gasteiger partial charge in [-0.15, -0.1) is 0 Å². The van der Waals surface area contributed by atoms with Crippen LogP contribution < -0.4 is 5.73 Å². The summed E-state index contributed by atoms with van der Waals surface area (Å²) in [5, 5.41) is 4.23. The molecule has 90 valence electrons. The van der Waals surface area contributed by atoms with Crippen LogP contribution in [-0.2, 0) is 17.9 Å². The zero-order valence-corrected chi connectivity index (χ0v) is 11.7. The van der Waals surface area contributed by atoms with Crippen molar-refractivity contribution in [2.24, 2.45) is 0 Å². The van der Waals surface area contributed by atoms with Crippen LogP contribution in [0, 0.1) is 3.57 Å². The molecule has 4 nitrogen and oxygen atoms in total. The third kappa shape index (κ3) is 2.98. The van der Waals surface area contributed by atoms with Crippen LogP contribution in [0.2, 0.25) is 0 Å². The van der Waals surface area contributed by atoms with E-state index in [0.29, 0.717) is 19.0 Å². The average molecular weight is 343 g/mol. The fraction of sp³-hybridized carbons (Fsp3) is 0.250. The van der Waals surface area contributed by atoms with E-state index in [2.05, 4.69) is 52.0 Å². The van der Waals surface area contributed by atoms with Gasteiger partial charge < -0.3 is 10.5 Å². The second kappa shape index (κ2) is 5.50. The Bertz CT molecular complexity index is 493. The molecular weight excluding hydrogens is 329 g/mol. The van der Waals surface area contributed by atoms with E-state index in [1.165, 1.54) is 11.1 Å². The largest absolute Gasteiger partial charge is 0.383 e. The molecule has 0 spiro atoms. The van der Waals surface area contributed by atoms with E-state index >= 15 is 0 Å². The molecule has 2 aromatic rings. The minimum absolute atomic E-state index is 0.641. The summed E-state index contributed by atoms with van der Waals surface area (Å²) < 4.78 is 7.85. The minimum atomic E-state index is 0.641. The lowest BCUT2D eigenvalue weighted by Crippen LogP contribution is -2.06. The van der Waals surface area contributed by atoms with E-state index in [0.717, 1.165) is 3.57 Å². The van der Waals surface area contributed by atoms with Crippen LogP contribution in [-0.4, -0.2) is 16.9 Å². The van der Waals surface area contributed by atoms with Crippen LogP contribution >= 0.6 is 22.6 Å². The minimum Gasteiger partial charge on any atom is -0.383 e. The summed E-state index contributed by atoms with van der Waals surface area (Å²) in [5.74, 6) is 0.714. The van der Waals surface area contributed by atoms with Gasteiger partial charge in [-0.3, -0.25) is 0 Å². The van der Waals surface area contributed by atoms with Gasteiger partial charge in [0.25, 0.3) is 0 Å². The van der Waals surface area contributed by atoms with Crippen molar-refractivity contribution >= 4 is 28.4 Å². The van der Waals surface area contributed by atoms with Crippen LogP contribution in [0.15, 0.2) is 30.5 Å². The number of rotatable bonds is 4. The molecule has 0 fully saturated rings. The number of nitrogen functional groups attached to an aromatic ring is 1. The first-order valence-corrected chi connectivity index (χ1v) is 6.32. The number of halogens is 1. The van der Waals surface area contributed by atoms with Gasteiger partial charge in [0.2, 0.25) is 0 Å². The van der Waals surface area contributed by atoms with Gasteiger partial charge in [-0.05, 0) is 33.7 Å². The lowest BCUT2D eigenvalue weighted by atomic mass is 10.1. The predicted molar refractivity (Wildman–Crippen MR) is 75.6 cm³/mol. The maximum atomic E-state index is 5.90. The molecule has 0 saturated heterocycles. The SMILES string of the molecule is COCc1ccc(Cn2ncc(I)c2N)cc1. The summed E-state index contributed by atoms with van der Waals surface area (Å²) in [7, 11) is 1.69. The Hall–Kier alpha value is -1.08. The maximum absolute atomic E-state index is 5.90. The first-order chi connectivity index (χ1) is 8.20. The molecule has 0 aliphatic rings. The normalized spacial score (nSPS) is 10.7. The second-order valence-corrected chi connectivity index (χ2v) is 4.95. The van der Waals surface area contributed by atoms with E-state index in [1.807, 2.05) is 0 Å². The number of benzene rings is 1. The monoisotopic (exact) mass is 343 g/mol. The molecule has 0 atom stereocenters. The van der Waals surface area contributed by atoms with Crippen molar-refractivity contribution < 1.29 is 4.74 Å². The Balaban J connectivity index is 2.11. The summed E-state index contributed by atoms with van der Waals surface area (Å²) in [6.07, 6.45) is 1.77. The molecule has 0 saturated carbocycles. The summed E-state index contributed by atoms with van der Waals surface area (Å²) in [4.78, 5) is 0. The topological polar surface area (TPSA) is 53.1 Å². The number of nitrogens with zero attached hydrogens (tertiary/aromatic N) is 2. The quantitative estimate of drug-likeness (QED) is 0.867. The molecule has 5 heteroatoms. The number of nitrogens with two attached hydrogens (primary N) is 1. The lowest BCUT2D eigenvalue weighted by Gasteiger charge is -2.06. The molecule has 0 amide bonds. The molecule has 1 aromatic carbocycles. The fourth-order valence-corrected chi connectivity index (χ4v) is 1.98. The first-order valence-electron chi connectivity index (χ1n) is 5.24. The highest BCUT2D eigenvalue weighted by atomic mass is 127. The molecule has 0 aliphatic heterocycles. The van der Waals surface area contributed by atoms with Crippen LogP contribution in [0.25, 0.3) is 0 Å². The smallest absolute Gasteiger partial charge is 0.135 e. The fourth-order valence-electron chi connectivity index (χ4n) is 1.58. The molecule has 1 heterocycles. The molecule has 17 heavy (non-hydrogen) atoms. The van der Waals surface area contributed by atoms with Crippen molar-refractivity contribution in [2.75, 3.05) is 12.8 Å². The summed E-state index contributed by atoms with van der Waals surface area (Å²) in [6, 6.07) is 8.26. The van der Waals surface area contributed by atoms with Crippen LogP contribution in [0.1, 0.15) is 11.1 Å². The number of anilines is 1. The zero-order valence-electron chi connectivity index (χ0n) is 9.56. The van der Waals surface area contributed by atoms with Crippen LogP contribution in [0.5, 0.6) is 0 Å². The summed E-state index contributed by atoms with van der Waals surface area (Å²) in [6.45, 7) is 1.34.